The standard InChI is InChI=1S/C4H11NO2.CH5O4P/c6-3-1-5-2-4-7;1-5-6(2,3)4/h5-7H,1-4H2;1H3,(H2,2,3,4). The molecule has 0 radical (unpaired) electrons. The lowest BCUT2D eigenvalue weighted by atomic mass is 10.6. The van der Waals surface area contributed by atoms with Gasteiger partial charge in [0.1, 0.15) is 0 Å². The Hall–Kier alpha value is -0.0100. The fraction of sp³-hybridized carbons (Fsp3) is 1.00. The normalized spacial score (nSPS) is 10.5. The van der Waals surface area contributed by atoms with Crippen LogP contribution in [-0.4, -0.2) is 53.4 Å². The van der Waals surface area contributed by atoms with Crippen molar-refractivity contribution in [3.8, 4) is 0 Å². The van der Waals surface area contributed by atoms with E-state index in [1.54, 1.807) is 0 Å². The maximum atomic E-state index is 9.47. The van der Waals surface area contributed by atoms with Gasteiger partial charge < -0.3 is 25.3 Å². The molecule has 0 unspecified atom stereocenters. The molecule has 0 aliphatic heterocycles. The van der Waals surface area contributed by atoms with Crippen molar-refractivity contribution in [2.75, 3.05) is 33.4 Å². The van der Waals surface area contributed by atoms with E-state index in [0.717, 1.165) is 7.11 Å². The maximum absolute atomic E-state index is 9.47. The van der Waals surface area contributed by atoms with Gasteiger partial charge in [0, 0.05) is 20.2 Å². The van der Waals surface area contributed by atoms with E-state index in [1.165, 1.54) is 0 Å². The summed E-state index contributed by atoms with van der Waals surface area (Å²) in [5.41, 5.74) is 0. The Morgan fingerprint density at radius 1 is 1.23 bits per heavy atom. The van der Waals surface area contributed by atoms with Crippen LogP contribution in [0.5, 0.6) is 0 Å². The summed E-state index contributed by atoms with van der Waals surface area (Å²) in [7, 11) is -3.20. The van der Waals surface area contributed by atoms with Gasteiger partial charge in [0.05, 0.1) is 13.2 Å². The topological polar surface area (TPSA) is 119 Å². The summed E-state index contributed by atoms with van der Waals surface area (Å²) in [5.74, 6) is 0. The number of aliphatic hydroxyl groups is 2. The summed E-state index contributed by atoms with van der Waals surface area (Å²) >= 11 is 0. The van der Waals surface area contributed by atoms with Crippen LogP contribution in [0.2, 0.25) is 0 Å². The zero-order chi connectivity index (χ0) is 10.7. The molecule has 0 aliphatic rings. The van der Waals surface area contributed by atoms with E-state index in [1.807, 2.05) is 0 Å². The Balaban J connectivity index is 0. The summed E-state index contributed by atoms with van der Waals surface area (Å²) in [6.07, 6.45) is 0. The van der Waals surface area contributed by atoms with E-state index in [0.29, 0.717) is 13.1 Å². The maximum Gasteiger partial charge on any atom is 0.469 e. The van der Waals surface area contributed by atoms with E-state index >= 15 is 0 Å². The van der Waals surface area contributed by atoms with Crippen molar-refractivity contribution >= 4 is 7.82 Å². The molecule has 0 bridgehead atoms. The van der Waals surface area contributed by atoms with Crippen LogP contribution in [0.4, 0.5) is 0 Å². The van der Waals surface area contributed by atoms with Gasteiger partial charge in [0.15, 0.2) is 0 Å². The molecule has 0 amide bonds. The summed E-state index contributed by atoms with van der Waals surface area (Å²) in [4.78, 5) is 15.4. The third kappa shape index (κ3) is 24.5. The van der Waals surface area contributed by atoms with E-state index < -0.39 is 7.82 Å². The van der Waals surface area contributed by atoms with E-state index in [2.05, 4.69) is 9.84 Å². The van der Waals surface area contributed by atoms with Crippen molar-refractivity contribution in [2.24, 2.45) is 0 Å². The Morgan fingerprint density at radius 2 is 1.54 bits per heavy atom. The van der Waals surface area contributed by atoms with Crippen LogP contribution in [0, 0.1) is 0 Å². The van der Waals surface area contributed by atoms with Crippen LogP contribution < -0.4 is 5.32 Å². The number of phosphoric acid groups is 1. The van der Waals surface area contributed by atoms with Gasteiger partial charge >= 0.3 is 7.82 Å². The first-order valence-corrected chi connectivity index (χ1v) is 5.04. The van der Waals surface area contributed by atoms with Crippen LogP contribution in [0.1, 0.15) is 0 Å². The van der Waals surface area contributed by atoms with Crippen molar-refractivity contribution in [1.82, 2.24) is 5.32 Å². The number of hydrogen-bond acceptors (Lipinski definition) is 5. The second-order valence-corrected chi connectivity index (χ2v) is 3.22. The monoisotopic (exact) mass is 217 g/mol. The van der Waals surface area contributed by atoms with Crippen molar-refractivity contribution in [1.29, 1.82) is 0 Å². The van der Waals surface area contributed by atoms with Crippen molar-refractivity contribution in [2.45, 2.75) is 0 Å². The number of phosphoric ester groups is 1. The molecular formula is C5H16NO6P. The molecule has 0 saturated carbocycles. The van der Waals surface area contributed by atoms with Crippen LogP contribution in [-0.2, 0) is 9.09 Å². The van der Waals surface area contributed by atoms with Gasteiger partial charge in [-0.15, -0.1) is 0 Å². The first-order chi connectivity index (χ1) is 5.97. The first kappa shape index (κ1) is 15.5. The van der Waals surface area contributed by atoms with E-state index in [-0.39, 0.29) is 13.2 Å². The van der Waals surface area contributed by atoms with Crippen LogP contribution in [0.25, 0.3) is 0 Å². The Kier molecular flexibility index (Phi) is 12.0. The molecule has 0 spiro atoms. The SMILES string of the molecule is COP(=O)(O)O.OCCNCCO. The molecular weight excluding hydrogens is 201 g/mol. The largest absolute Gasteiger partial charge is 0.469 e. The highest BCUT2D eigenvalue weighted by Crippen LogP contribution is 2.33. The smallest absolute Gasteiger partial charge is 0.395 e. The van der Waals surface area contributed by atoms with Gasteiger partial charge in [-0.25, -0.2) is 4.57 Å². The van der Waals surface area contributed by atoms with Crippen molar-refractivity contribution in [3.05, 3.63) is 0 Å². The molecule has 0 fully saturated rings. The summed E-state index contributed by atoms with van der Waals surface area (Å²) < 4.78 is 13.1. The molecule has 0 rings (SSSR count). The fourth-order valence-electron chi connectivity index (χ4n) is 0.283. The van der Waals surface area contributed by atoms with Crippen molar-refractivity contribution in [3.63, 3.8) is 0 Å². The third-order valence-electron chi connectivity index (χ3n) is 0.815. The minimum Gasteiger partial charge on any atom is -0.395 e. The van der Waals surface area contributed by atoms with Gasteiger partial charge in [-0.1, -0.05) is 0 Å². The average molecular weight is 217 g/mol. The Labute approximate surface area is 76.6 Å². The van der Waals surface area contributed by atoms with Gasteiger partial charge in [-0.05, 0) is 0 Å². The molecule has 13 heavy (non-hydrogen) atoms. The minimum atomic E-state index is -4.15. The third-order valence-corrected chi connectivity index (χ3v) is 1.29. The predicted octanol–water partition coefficient (Wildman–Crippen LogP) is -1.71. The Bertz CT molecular complexity index is 133. The quantitative estimate of drug-likeness (QED) is 0.274. The summed E-state index contributed by atoms with van der Waals surface area (Å²) in [5, 5.41) is 19.1. The van der Waals surface area contributed by atoms with E-state index in [4.69, 9.17) is 20.0 Å². The van der Waals surface area contributed by atoms with Gasteiger partial charge in [0.2, 0.25) is 0 Å². The summed E-state index contributed by atoms with van der Waals surface area (Å²) in [6, 6.07) is 0. The number of aliphatic hydroxyl groups excluding tert-OH is 2. The highest BCUT2D eigenvalue weighted by molar-refractivity contribution is 7.46. The average Bonchev–Trinajstić information content (AvgIpc) is 2.06. The lowest BCUT2D eigenvalue weighted by Gasteiger charge is -1.94. The second kappa shape index (κ2) is 10.1. The zero-order valence-electron chi connectivity index (χ0n) is 7.38. The summed E-state index contributed by atoms with van der Waals surface area (Å²) in [6.45, 7) is 1.42. The molecule has 0 atom stereocenters. The molecule has 0 aromatic carbocycles. The molecule has 5 N–H and O–H groups in total. The van der Waals surface area contributed by atoms with Gasteiger partial charge in [0.25, 0.3) is 0 Å². The van der Waals surface area contributed by atoms with Crippen LogP contribution >= 0.6 is 7.82 Å². The highest BCUT2D eigenvalue weighted by atomic mass is 31.2. The molecule has 7 nitrogen and oxygen atoms in total. The van der Waals surface area contributed by atoms with Crippen LogP contribution in [0.3, 0.4) is 0 Å². The second-order valence-electron chi connectivity index (χ2n) is 1.87. The number of rotatable bonds is 5. The fourth-order valence-corrected chi connectivity index (χ4v) is 0.283. The van der Waals surface area contributed by atoms with Gasteiger partial charge in [-0.2, -0.15) is 0 Å². The lowest BCUT2D eigenvalue weighted by Crippen LogP contribution is -2.21. The number of hydrogen-bond donors (Lipinski definition) is 5. The first-order valence-electron chi connectivity index (χ1n) is 3.51. The van der Waals surface area contributed by atoms with Gasteiger partial charge in [-0.3, -0.25) is 4.52 Å². The van der Waals surface area contributed by atoms with E-state index in [9.17, 15) is 4.57 Å². The van der Waals surface area contributed by atoms with Crippen molar-refractivity contribution < 1.29 is 29.1 Å². The predicted molar refractivity (Wildman–Crippen MR) is 46.1 cm³/mol. The zero-order valence-corrected chi connectivity index (χ0v) is 8.28. The molecule has 0 aromatic rings. The highest BCUT2D eigenvalue weighted by Gasteiger charge is 2.07. The number of nitrogens with one attached hydrogen (secondary N) is 1. The molecule has 0 heterocycles. The molecule has 0 aliphatic carbocycles. The van der Waals surface area contributed by atoms with Crippen LogP contribution in [0.15, 0.2) is 0 Å². The Morgan fingerprint density at radius 3 is 1.69 bits per heavy atom. The molecule has 0 aromatic heterocycles. The minimum absolute atomic E-state index is 0.139. The molecule has 82 valence electrons. The lowest BCUT2D eigenvalue weighted by molar-refractivity contribution is 0.235. The molecule has 0 saturated heterocycles. The molecule has 8 heteroatoms.